The summed E-state index contributed by atoms with van der Waals surface area (Å²) in [5, 5.41) is 7.87. The molecule has 0 atom stereocenters. The van der Waals surface area contributed by atoms with Crippen LogP contribution in [0.1, 0.15) is 25.7 Å². The second kappa shape index (κ2) is 9.53. The lowest BCUT2D eigenvalue weighted by molar-refractivity contribution is -0.117. The molecular weight excluding hydrogens is 542 g/mol. The summed E-state index contributed by atoms with van der Waals surface area (Å²) in [5.74, 6) is -0.279. The maximum atomic E-state index is 13.3. The van der Waals surface area contributed by atoms with E-state index in [4.69, 9.17) is 5.14 Å². The number of Topliss-reactive ketones (excluding diaryl/α,β-unsaturated/α-hetero) is 1. The minimum Gasteiger partial charge on any atom is -0.337 e. The summed E-state index contributed by atoms with van der Waals surface area (Å²) in [6, 6.07) is 4.37. The highest BCUT2D eigenvalue weighted by atomic mass is 127. The fourth-order valence-electron chi connectivity index (χ4n) is 2.89. The predicted molar refractivity (Wildman–Crippen MR) is 111 cm³/mol. The van der Waals surface area contributed by atoms with Gasteiger partial charge in [-0.05, 0) is 65.7 Å². The van der Waals surface area contributed by atoms with Gasteiger partial charge >= 0.3 is 0 Å². The van der Waals surface area contributed by atoms with Gasteiger partial charge in [0.1, 0.15) is 5.82 Å². The monoisotopic (exact) mass is 560 g/mol. The highest BCUT2D eigenvalue weighted by molar-refractivity contribution is 14.1. The molecule has 1 aromatic rings. The molecule has 0 radical (unpaired) electrons. The van der Waals surface area contributed by atoms with Gasteiger partial charge in [0.15, 0.2) is 5.84 Å². The summed E-state index contributed by atoms with van der Waals surface area (Å²) in [7, 11) is -3.69. The molecule has 7 nitrogen and oxygen atoms in total. The van der Waals surface area contributed by atoms with E-state index in [1.54, 1.807) is 28.9 Å². The van der Waals surface area contributed by atoms with Crippen LogP contribution >= 0.6 is 38.8 Å². The zero-order valence-electron chi connectivity index (χ0n) is 13.7. The van der Waals surface area contributed by atoms with Crippen molar-refractivity contribution in [2.24, 2.45) is 20.2 Å². The van der Waals surface area contributed by atoms with Crippen molar-refractivity contribution in [3.63, 3.8) is 0 Å². The Bertz CT molecular complexity index is 798. The second-order valence-corrected chi connectivity index (χ2v) is 8.88. The molecule has 26 heavy (non-hydrogen) atoms. The Kier molecular flexibility index (Phi) is 7.94. The van der Waals surface area contributed by atoms with Gasteiger partial charge in [0.05, 0.1) is 27.3 Å². The Morgan fingerprint density at radius 1 is 1.35 bits per heavy atom. The zero-order chi connectivity index (χ0) is 19.3. The van der Waals surface area contributed by atoms with Gasteiger partial charge in [0.2, 0.25) is 5.78 Å². The molecule has 144 valence electrons. The van der Waals surface area contributed by atoms with Crippen molar-refractivity contribution in [1.82, 2.24) is 4.72 Å². The Balaban J connectivity index is 1.92. The Morgan fingerprint density at radius 2 is 2.00 bits per heavy atom. The average molecular weight is 561 g/mol. The molecule has 0 unspecified atom stereocenters. The van der Waals surface area contributed by atoms with E-state index in [1.165, 1.54) is 12.1 Å². The van der Waals surface area contributed by atoms with E-state index < -0.39 is 10.2 Å². The van der Waals surface area contributed by atoms with Crippen molar-refractivity contribution >= 4 is 66.3 Å². The second-order valence-electron chi connectivity index (χ2n) is 6.16. The normalized spacial score (nSPS) is 21.5. The third-order valence-corrected chi connectivity index (χ3v) is 5.95. The molecule has 0 aliphatic heterocycles. The van der Waals surface area contributed by atoms with E-state index in [0.29, 0.717) is 23.0 Å². The molecule has 1 aliphatic rings. The smallest absolute Gasteiger partial charge is 0.274 e. The third-order valence-electron chi connectivity index (χ3n) is 4.29. The van der Waals surface area contributed by atoms with Crippen LogP contribution in [0, 0.1) is 17.7 Å². The van der Waals surface area contributed by atoms with Crippen LogP contribution in [0.25, 0.3) is 0 Å². The molecule has 1 saturated carbocycles. The van der Waals surface area contributed by atoms with Crippen LogP contribution in [0.3, 0.4) is 0 Å². The number of amidine groups is 1. The summed E-state index contributed by atoms with van der Waals surface area (Å²) >= 11 is 4.86. The summed E-state index contributed by atoms with van der Waals surface area (Å²) in [6.07, 6.45) is 2.77. The summed E-state index contributed by atoms with van der Waals surface area (Å²) in [4.78, 5) is 12.7. The maximum Gasteiger partial charge on any atom is 0.274 e. The van der Waals surface area contributed by atoms with Gasteiger partial charge in [0, 0.05) is 18.2 Å². The first kappa shape index (κ1) is 21.7. The van der Waals surface area contributed by atoms with E-state index in [-0.39, 0.29) is 35.8 Å². The fourth-order valence-corrected chi connectivity index (χ4v) is 4.10. The number of halogens is 3. The van der Waals surface area contributed by atoms with Gasteiger partial charge in [-0.25, -0.2) is 14.3 Å². The van der Waals surface area contributed by atoms with Gasteiger partial charge in [0.25, 0.3) is 10.2 Å². The number of carbonyl (C=O) groups excluding carboxylic acids is 1. The van der Waals surface area contributed by atoms with Gasteiger partial charge in [-0.3, -0.25) is 4.79 Å². The molecule has 0 heterocycles. The molecular formula is C15H19BrFIN4O3S. The Labute approximate surface area is 174 Å². The van der Waals surface area contributed by atoms with Crippen molar-refractivity contribution in [2.75, 3.05) is 11.9 Å². The largest absolute Gasteiger partial charge is 0.337 e. The van der Waals surface area contributed by atoms with Gasteiger partial charge < -0.3 is 5.32 Å². The highest BCUT2D eigenvalue weighted by Gasteiger charge is 2.29. The van der Waals surface area contributed by atoms with E-state index in [1.807, 2.05) is 0 Å². The Morgan fingerprint density at radius 3 is 2.54 bits per heavy atom. The van der Waals surface area contributed by atoms with Crippen molar-refractivity contribution < 1.29 is 17.6 Å². The summed E-state index contributed by atoms with van der Waals surface area (Å²) in [5.41, 5.74) is 0.563. The topological polar surface area (TPSA) is 114 Å². The maximum absolute atomic E-state index is 13.3. The number of nitrogens with two attached hydrogens (primary N) is 1. The van der Waals surface area contributed by atoms with E-state index >= 15 is 0 Å². The van der Waals surface area contributed by atoms with Crippen LogP contribution in [0.2, 0.25) is 0 Å². The van der Waals surface area contributed by atoms with Crippen LogP contribution in [0.5, 0.6) is 0 Å². The molecule has 0 spiro atoms. The standard InChI is InChI=1S/C15H19BrFIN4O3S/c16-12-7-11(5-6-13(12)17)21-15(22-18)14(23)10-3-1-9(2-4-10)8-20-26(19,24)25/h5-7,9-10,20H,1-4,8H2,(H,21,22)(H2,19,24,25). The first-order valence-electron chi connectivity index (χ1n) is 7.92. The molecule has 4 N–H and O–H groups in total. The van der Waals surface area contributed by atoms with E-state index in [9.17, 15) is 17.6 Å². The van der Waals surface area contributed by atoms with Crippen LogP contribution in [0.15, 0.2) is 25.9 Å². The number of carbonyl (C=O) groups is 1. The number of hydrogen-bond donors (Lipinski definition) is 3. The van der Waals surface area contributed by atoms with Crippen molar-refractivity contribution in [2.45, 2.75) is 25.7 Å². The first-order valence-corrected chi connectivity index (χ1v) is 11.2. The lowest BCUT2D eigenvalue weighted by Crippen LogP contribution is -2.37. The molecule has 1 fully saturated rings. The van der Waals surface area contributed by atoms with Crippen LogP contribution in [-0.4, -0.2) is 26.6 Å². The molecule has 2 rings (SSSR count). The molecule has 1 aromatic carbocycles. The third kappa shape index (κ3) is 6.51. The van der Waals surface area contributed by atoms with Crippen molar-refractivity contribution in [1.29, 1.82) is 0 Å². The number of nitrogens with zero attached hydrogens (tertiary/aromatic N) is 1. The number of rotatable bonds is 6. The van der Waals surface area contributed by atoms with Gasteiger partial charge in [-0.2, -0.15) is 11.6 Å². The first-order chi connectivity index (χ1) is 12.2. The van der Waals surface area contributed by atoms with Gasteiger partial charge in [-0.15, -0.1) is 0 Å². The molecule has 0 amide bonds. The number of anilines is 1. The van der Waals surface area contributed by atoms with Crippen LogP contribution in [0.4, 0.5) is 10.1 Å². The molecule has 0 saturated heterocycles. The average Bonchev–Trinajstić information content (AvgIpc) is 2.60. The summed E-state index contributed by atoms with van der Waals surface area (Å²) < 4.78 is 41.8. The summed E-state index contributed by atoms with van der Waals surface area (Å²) in [6.45, 7) is 0.287. The predicted octanol–water partition coefficient (Wildman–Crippen LogP) is 2.92. The van der Waals surface area contributed by atoms with Crippen molar-refractivity contribution in [3.8, 4) is 0 Å². The molecule has 1 aliphatic carbocycles. The lowest BCUT2D eigenvalue weighted by Gasteiger charge is -2.27. The van der Waals surface area contributed by atoms with Crippen LogP contribution < -0.4 is 15.2 Å². The quantitative estimate of drug-likeness (QED) is 0.282. The SMILES string of the molecule is NS(=O)(=O)NCC1CCC(C(=O)C(=NI)Nc2ccc(F)c(Br)c2)CC1. The minimum atomic E-state index is -3.69. The molecule has 11 heteroatoms. The number of ketones is 1. The Hall–Kier alpha value is -0.630. The minimum absolute atomic E-state index is 0.0993. The van der Waals surface area contributed by atoms with Crippen molar-refractivity contribution in [3.05, 3.63) is 28.5 Å². The number of hydrogen-bond acceptors (Lipinski definition) is 4. The molecule has 0 bridgehead atoms. The lowest BCUT2D eigenvalue weighted by atomic mass is 9.80. The van der Waals surface area contributed by atoms with Crippen LogP contribution in [-0.2, 0) is 15.0 Å². The number of benzene rings is 1. The van der Waals surface area contributed by atoms with Gasteiger partial charge in [-0.1, -0.05) is 0 Å². The van der Waals surface area contributed by atoms with E-state index in [0.717, 1.165) is 12.8 Å². The highest BCUT2D eigenvalue weighted by Crippen LogP contribution is 2.30. The molecule has 0 aromatic heterocycles. The number of nitrogens with one attached hydrogen (secondary N) is 2. The zero-order valence-corrected chi connectivity index (χ0v) is 18.3. The van der Waals surface area contributed by atoms with E-state index in [2.05, 4.69) is 29.2 Å². The fraction of sp³-hybridized carbons (Fsp3) is 0.467.